The molecular weight excluding hydrogens is 527 g/mol. The second kappa shape index (κ2) is 11.0. The van der Waals surface area contributed by atoms with Crippen LogP contribution in [0, 0.1) is 5.82 Å². The zero-order valence-corrected chi connectivity index (χ0v) is 22.0. The quantitative estimate of drug-likeness (QED) is 0.315. The number of ether oxygens (including phenoxy) is 3. The van der Waals surface area contributed by atoms with E-state index in [4.69, 9.17) is 25.8 Å². The number of benzene rings is 3. The maximum atomic E-state index is 14.2. The summed E-state index contributed by atoms with van der Waals surface area (Å²) in [6, 6.07) is 16.0. The maximum absolute atomic E-state index is 14.2. The minimum atomic E-state index is -0.699. The van der Waals surface area contributed by atoms with Gasteiger partial charge in [0.2, 0.25) is 5.95 Å². The number of tetrazole rings is 1. The minimum Gasteiger partial charge on any atom is -0.495 e. The van der Waals surface area contributed by atoms with E-state index in [1.165, 1.54) is 31.0 Å². The van der Waals surface area contributed by atoms with Crippen molar-refractivity contribution in [2.45, 2.75) is 19.6 Å². The molecule has 1 aliphatic rings. The zero-order valence-electron chi connectivity index (χ0n) is 21.2. The number of hydrogen-bond acceptors (Lipinski definition) is 8. The molecule has 2 N–H and O–H groups in total. The first-order chi connectivity index (χ1) is 18.9. The summed E-state index contributed by atoms with van der Waals surface area (Å²) in [5.74, 6) is 0.794. The molecule has 0 saturated heterocycles. The summed E-state index contributed by atoms with van der Waals surface area (Å²) in [5, 5.41) is 18.2. The first-order valence-corrected chi connectivity index (χ1v) is 12.2. The lowest BCUT2D eigenvalue weighted by Crippen LogP contribution is -2.31. The largest absolute Gasteiger partial charge is 0.495 e. The van der Waals surface area contributed by atoms with Gasteiger partial charge in [0.25, 0.3) is 5.91 Å². The molecule has 39 heavy (non-hydrogen) atoms. The van der Waals surface area contributed by atoms with Gasteiger partial charge in [-0.25, -0.2) is 4.39 Å². The van der Waals surface area contributed by atoms with Crippen molar-refractivity contribution >= 4 is 29.1 Å². The van der Waals surface area contributed by atoms with E-state index >= 15 is 0 Å². The third-order valence-electron chi connectivity index (χ3n) is 6.25. The summed E-state index contributed by atoms with van der Waals surface area (Å²) >= 11 is 6.14. The fraction of sp³-hybridized carbons (Fsp3) is 0.185. The van der Waals surface area contributed by atoms with Crippen molar-refractivity contribution in [3.05, 3.63) is 93.9 Å². The molecule has 1 atom stereocenters. The second-order valence-electron chi connectivity index (χ2n) is 8.57. The van der Waals surface area contributed by atoms with Gasteiger partial charge in [0.05, 0.1) is 30.5 Å². The lowest BCUT2D eigenvalue weighted by Gasteiger charge is -2.28. The average Bonchev–Trinajstić information content (AvgIpc) is 3.40. The fourth-order valence-electron chi connectivity index (χ4n) is 4.35. The van der Waals surface area contributed by atoms with Crippen molar-refractivity contribution in [2.75, 3.05) is 24.9 Å². The molecule has 10 nitrogen and oxygen atoms in total. The van der Waals surface area contributed by atoms with E-state index in [9.17, 15) is 9.18 Å². The van der Waals surface area contributed by atoms with Gasteiger partial charge < -0.3 is 24.8 Å². The Morgan fingerprint density at radius 2 is 1.87 bits per heavy atom. The average molecular weight is 551 g/mol. The third kappa shape index (κ3) is 5.08. The van der Waals surface area contributed by atoms with Crippen LogP contribution in [0.4, 0.5) is 16.0 Å². The molecule has 1 aliphatic heterocycles. The smallest absolute Gasteiger partial charge is 0.255 e. The molecule has 12 heteroatoms. The summed E-state index contributed by atoms with van der Waals surface area (Å²) in [7, 11) is 3.02. The van der Waals surface area contributed by atoms with Crippen LogP contribution in [0.5, 0.6) is 17.2 Å². The highest BCUT2D eigenvalue weighted by Crippen LogP contribution is 2.39. The summed E-state index contributed by atoms with van der Waals surface area (Å²) in [6.45, 7) is 1.67. The van der Waals surface area contributed by atoms with Gasteiger partial charge in [0.15, 0.2) is 11.5 Å². The number of allylic oxidation sites excluding steroid dienone is 1. The summed E-state index contributed by atoms with van der Waals surface area (Å²) in [5.41, 5.74) is 2.36. The number of anilines is 2. The number of halogens is 2. The molecule has 5 rings (SSSR count). The number of fused-ring (bicyclic) bond motifs is 1. The van der Waals surface area contributed by atoms with Crippen molar-refractivity contribution < 1.29 is 23.4 Å². The Hall–Kier alpha value is -4.64. The van der Waals surface area contributed by atoms with Crippen molar-refractivity contribution in [1.29, 1.82) is 0 Å². The van der Waals surface area contributed by atoms with E-state index in [0.29, 0.717) is 45.7 Å². The fourth-order valence-corrected chi connectivity index (χ4v) is 4.56. The van der Waals surface area contributed by atoms with E-state index in [1.54, 1.807) is 49.4 Å². The zero-order chi connectivity index (χ0) is 27.5. The predicted molar refractivity (Wildman–Crippen MR) is 143 cm³/mol. The molecule has 0 bridgehead atoms. The van der Waals surface area contributed by atoms with E-state index < -0.39 is 11.9 Å². The molecule has 4 aromatic rings. The Labute approximate surface area is 228 Å². The van der Waals surface area contributed by atoms with Gasteiger partial charge in [-0.15, -0.1) is 0 Å². The number of rotatable bonds is 8. The van der Waals surface area contributed by atoms with Crippen molar-refractivity contribution in [2.24, 2.45) is 0 Å². The van der Waals surface area contributed by atoms with Crippen molar-refractivity contribution in [3.63, 3.8) is 0 Å². The number of aromatic nitrogens is 4. The van der Waals surface area contributed by atoms with Crippen LogP contribution in [0.2, 0.25) is 5.02 Å². The van der Waals surface area contributed by atoms with Gasteiger partial charge in [-0.05, 0) is 59.3 Å². The molecule has 0 saturated carbocycles. The van der Waals surface area contributed by atoms with Crippen LogP contribution in [0.1, 0.15) is 24.1 Å². The van der Waals surface area contributed by atoms with Gasteiger partial charge in [-0.2, -0.15) is 4.68 Å². The lowest BCUT2D eigenvalue weighted by molar-refractivity contribution is -0.113. The summed E-state index contributed by atoms with van der Waals surface area (Å²) < 4.78 is 32.6. The summed E-state index contributed by atoms with van der Waals surface area (Å²) in [6.07, 6.45) is 0. The summed E-state index contributed by atoms with van der Waals surface area (Å²) in [4.78, 5) is 13.7. The number of carbonyl (C=O) groups is 1. The number of nitrogens with zero attached hydrogens (tertiary/aromatic N) is 4. The molecule has 0 radical (unpaired) electrons. The van der Waals surface area contributed by atoms with Crippen LogP contribution in [-0.2, 0) is 11.4 Å². The first kappa shape index (κ1) is 26.0. The molecule has 1 aromatic heterocycles. The highest BCUT2D eigenvalue weighted by atomic mass is 35.5. The van der Waals surface area contributed by atoms with Gasteiger partial charge in [0.1, 0.15) is 24.2 Å². The standard InChI is InChI=1S/C27H24ClFN6O4/c1-15-24(26(36)31-20-9-4-5-10-21(20)37-2)25(35-27(30-15)32-33-34-35)16-11-12-22(23(13-16)38-3)39-14-17-18(28)7-6-8-19(17)29/h4-13,25H,14H2,1-3H3,(H,31,36)(H,30,32,34). The number of carbonyl (C=O) groups excluding carboxylic acids is 1. The molecule has 200 valence electrons. The van der Waals surface area contributed by atoms with Crippen molar-refractivity contribution in [1.82, 2.24) is 20.2 Å². The van der Waals surface area contributed by atoms with Gasteiger partial charge in [0, 0.05) is 11.3 Å². The highest BCUT2D eigenvalue weighted by molar-refractivity contribution is 6.31. The van der Waals surface area contributed by atoms with Crippen LogP contribution >= 0.6 is 11.6 Å². The normalized spacial score (nSPS) is 14.3. The Morgan fingerprint density at radius 1 is 1.08 bits per heavy atom. The SMILES string of the molecule is COc1ccccc1NC(=O)C1=C(C)Nc2nnnn2C1c1ccc(OCc2c(F)cccc2Cl)c(OC)c1. The second-order valence-corrected chi connectivity index (χ2v) is 8.97. The van der Waals surface area contributed by atoms with E-state index in [0.717, 1.165) is 0 Å². The number of methoxy groups -OCH3 is 2. The number of hydrogen-bond donors (Lipinski definition) is 2. The Kier molecular flexibility index (Phi) is 7.33. The van der Waals surface area contributed by atoms with Crippen LogP contribution in [0.25, 0.3) is 0 Å². The van der Waals surface area contributed by atoms with Crippen LogP contribution in [-0.4, -0.2) is 40.3 Å². The Morgan fingerprint density at radius 3 is 2.64 bits per heavy atom. The molecule has 0 spiro atoms. The lowest BCUT2D eigenvalue weighted by atomic mass is 9.94. The van der Waals surface area contributed by atoms with Crippen LogP contribution < -0.4 is 24.8 Å². The maximum Gasteiger partial charge on any atom is 0.255 e. The molecule has 2 heterocycles. The van der Waals surface area contributed by atoms with Gasteiger partial charge in [-0.3, -0.25) is 4.79 Å². The minimum absolute atomic E-state index is 0.0999. The monoisotopic (exact) mass is 550 g/mol. The molecule has 1 amide bonds. The molecular formula is C27H24ClFN6O4. The third-order valence-corrected chi connectivity index (χ3v) is 6.61. The van der Waals surface area contributed by atoms with E-state index in [2.05, 4.69) is 26.2 Å². The van der Waals surface area contributed by atoms with E-state index in [-0.39, 0.29) is 23.1 Å². The topological polar surface area (TPSA) is 112 Å². The molecule has 0 fully saturated rings. The van der Waals surface area contributed by atoms with E-state index in [1.807, 2.05) is 6.07 Å². The predicted octanol–water partition coefficient (Wildman–Crippen LogP) is 4.99. The molecule has 1 unspecified atom stereocenters. The van der Waals surface area contributed by atoms with Crippen molar-refractivity contribution in [3.8, 4) is 17.2 Å². The number of amides is 1. The highest BCUT2D eigenvalue weighted by Gasteiger charge is 2.35. The van der Waals surface area contributed by atoms with Crippen LogP contribution in [0.3, 0.4) is 0 Å². The van der Waals surface area contributed by atoms with Gasteiger partial charge >= 0.3 is 0 Å². The molecule has 3 aromatic carbocycles. The van der Waals surface area contributed by atoms with Crippen LogP contribution in [0.15, 0.2) is 71.9 Å². The Bertz CT molecular complexity index is 1550. The first-order valence-electron chi connectivity index (χ1n) is 11.8. The number of nitrogens with one attached hydrogen (secondary N) is 2. The molecule has 0 aliphatic carbocycles. The Balaban J connectivity index is 1.49. The number of para-hydroxylation sites is 2. The van der Waals surface area contributed by atoms with Gasteiger partial charge in [-0.1, -0.05) is 41.0 Å².